The Bertz CT molecular complexity index is 786. The number of hydrogen-bond acceptors (Lipinski definition) is 3. The first-order valence-corrected chi connectivity index (χ1v) is 9.60. The molecule has 0 spiro atoms. The molecule has 2 aromatic rings. The molecule has 1 aliphatic rings. The van der Waals surface area contributed by atoms with E-state index in [4.69, 9.17) is 0 Å². The summed E-state index contributed by atoms with van der Waals surface area (Å²) in [6.45, 7) is 1.35. The van der Waals surface area contributed by atoms with Gasteiger partial charge in [0, 0.05) is 25.5 Å². The SMILES string of the molecule is O=C(NCCC1=CCCCC1)c1cncc(NCCc2ccc(F)cc2)c1. The van der Waals surface area contributed by atoms with Crippen LogP contribution in [0.15, 0.2) is 54.4 Å². The van der Waals surface area contributed by atoms with E-state index < -0.39 is 0 Å². The molecule has 1 heterocycles. The molecule has 0 unspecified atom stereocenters. The van der Waals surface area contributed by atoms with Crippen molar-refractivity contribution in [1.82, 2.24) is 10.3 Å². The highest BCUT2D eigenvalue weighted by atomic mass is 19.1. The zero-order chi connectivity index (χ0) is 18.9. The molecule has 0 saturated heterocycles. The summed E-state index contributed by atoms with van der Waals surface area (Å²) in [5, 5.41) is 6.24. The second-order valence-corrected chi connectivity index (χ2v) is 6.88. The third-order valence-electron chi connectivity index (χ3n) is 4.77. The van der Waals surface area contributed by atoms with Gasteiger partial charge in [0.25, 0.3) is 5.91 Å². The highest BCUT2D eigenvalue weighted by molar-refractivity contribution is 5.94. The molecular formula is C22H26FN3O. The number of rotatable bonds is 8. The minimum atomic E-state index is -0.227. The Kier molecular flexibility index (Phi) is 6.97. The smallest absolute Gasteiger partial charge is 0.252 e. The summed E-state index contributed by atoms with van der Waals surface area (Å²) in [7, 11) is 0. The van der Waals surface area contributed by atoms with Gasteiger partial charge in [0.05, 0.1) is 11.3 Å². The lowest BCUT2D eigenvalue weighted by Crippen LogP contribution is -2.25. The van der Waals surface area contributed by atoms with Crippen molar-refractivity contribution in [3.63, 3.8) is 0 Å². The van der Waals surface area contributed by atoms with Gasteiger partial charge in [0.2, 0.25) is 0 Å². The van der Waals surface area contributed by atoms with Crippen molar-refractivity contribution >= 4 is 11.6 Å². The zero-order valence-corrected chi connectivity index (χ0v) is 15.5. The average molecular weight is 367 g/mol. The number of hydrogen-bond donors (Lipinski definition) is 2. The quantitative estimate of drug-likeness (QED) is 0.676. The zero-order valence-electron chi connectivity index (χ0n) is 15.5. The first-order valence-electron chi connectivity index (χ1n) is 9.60. The minimum absolute atomic E-state index is 0.0962. The van der Waals surface area contributed by atoms with Crippen LogP contribution in [-0.4, -0.2) is 24.0 Å². The molecule has 0 bridgehead atoms. The molecule has 1 amide bonds. The molecule has 2 N–H and O–H groups in total. The van der Waals surface area contributed by atoms with Crippen molar-refractivity contribution in [2.75, 3.05) is 18.4 Å². The van der Waals surface area contributed by atoms with Gasteiger partial charge in [-0.1, -0.05) is 23.8 Å². The number of anilines is 1. The lowest BCUT2D eigenvalue weighted by molar-refractivity contribution is 0.0953. The largest absolute Gasteiger partial charge is 0.383 e. The highest BCUT2D eigenvalue weighted by Crippen LogP contribution is 2.19. The minimum Gasteiger partial charge on any atom is -0.383 e. The van der Waals surface area contributed by atoms with Gasteiger partial charge >= 0.3 is 0 Å². The van der Waals surface area contributed by atoms with Gasteiger partial charge in [-0.3, -0.25) is 9.78 Å². The van der Waals surface area contributed by atoms with Gasteiger partial charge < -0.3 is 10.6 Å². The number of nitrogens with zero attached hydrogens (tertiary/aromatic N) is 1. The number of pyridine rings is 1. The molecule has 4 nitrogen and oxygen atoms in total. The van der Waals surface area contributed by atoms with E-state index in [-0.39, 0.29) is 11.7 Å². The molecule has 1 aromatic carbocycles. The maximum atomic E-state index is 12.9. The van der Waals surface area contributed by atoms with E-state index in [1.54, 1.807) is 24.5 Å². The topological polar surface area (TPSA) is 54.0 Å². The molecule has 0 radical (unpaired) electrons. The maximum absolute atomic E-state index is 12.9. The number of allylic oxidation sites excluding steroid dienone is 1. The molecule has 1 aromatic heterocycles. The van der Waals surface area contributed by atoms with Crippen LogP contribution in [0.3, 0.4) is 0 Å². The summed E-state index contributed by atoms with van der Waals surface area (Å²) in [5.74, 6) is -0.324. The molecule has 0 fully saturated rings. The fraction of sp³-hybridized carbons (Fsp3) is 0.364. The Morgan fingerprint density at radius 2 is 1.93 bits per heavy atom. The van der Waals surface area contributed by atoms with Crippen LogP contribution in [-0.2, 0) is 6.42 Å². The molecule has 0 atom stereocenters. The van der Waals surface area contributed by atoms with Gasteiger partial charge in [-0.05, 0) is 62.3 Å². The van der Waals surface area contributed by atoms with E-state index in [2.05, 4.69) is 21.7 Å². The van der Waals surface area contributed by atoms with Gasteiger partial charge in [-0.15, -0.1) is 0 Å². The molecule has 3 rings (SSSR count). The number of carbonyl (C=O) groups is 1. The van der Waals surface area contributed by atoms with Crippen molar-refractivity contribution in [2.24, 2.45) is 0 Å². The average Bonchev–Trinajstić information content (AvgIpc) is 2.70. The van der Waals surface area contributed by atoms with Crippen molar-refractivity contribution in [3.8, 4) is 0 Å². The molecule has 1 aliphatic carbocycles. The van der Waals surface area contributed by atoms with E-state index in [1.165, 1.54) is 37.0 Å². The van der Waals surface area contributed by atoms with Gasteiger partial charge in [0.15, 0.2) is 0 Å². The predicted molar refractivity (Wildman–Crippen MR) is 106 cm³/mol. The molecule has 5 heteroatoms. The Balaban J connectivity index is 1.45. The van der Waals surface area contributed by atoms with Crippen molar-refractivity contribution in [2.45, 2.75) is 38.5 Å². The fourth-order valence-corrected chi connectivity index (χ4v) is 3.23. The Morgan fingerprint density at radius 3 is 2.70 bits per heavy atom. The lowest BCUT2D eigenvalue weighted by atomic mass is 9.97. The summed E-state index contributed by atoms with van der Waals surface area (Å²) in [6, 6.07) is 8.30. The fourth-order valence-electron chi connectivity index (χ4n) is 3.23. The molecular weight excluding hydrogens is 341 g/mol. The van der Waals surface area contributed by atoms with Crippen LogP contribution in [0.2, 0.25) is 0 Å². The van der Waals surface area contributed by atoms with Crippen molar-refractivity contribution < 1.29 is 9.18 Å². The van der Waals surface area contributed by atoms with E-state index in [9.17, 15) is 9.18 Å². The monoisotopic (exact) mass is 367 g/mol. The van der Waals surface area contributed by atoms with Gasteiger partial charge in [-0.2, -0.15) is 0 Å². The first kappa shape index (κ1) is 19.1. The van der Waals surface area contributed by atoms with E-state index >= 15 is 0 Å². The first-order chi connectivity index (χ1) is 13.2. The number of nitrogens with one attached hydrogen (secondary N) is 2. The van der Waals surface area contributed by atoms with Gasteiger partial charge in [0.1, 0.15) is 5.82 Å². The second-order valence-electron chi connectivity index (χ2n) is 6.88. The predicted octanol–water partition coefficient (Wildman–Crippen LogP) is 4.50. The molecule has 0 aliphatic heterocycles. The summed E-state index contributed by atoms with van der Waals surface area (Å²) in [5.41, 5.74) is 3.87. The van der Waals surface area contributed by atoms with E-state index in [0.717, 1.165) is 30.5 Å². The van der Waals surface area contributed by atoms with Crippen molar-refractivity contribution in [3.05, 3.63) is 71.3 Å². The van der Waals surface area contributed by atoms with Gasteiger partial charge in [-0.25, -0.2) is 4.39 Å². The van der Waals surface area contributed by atoms with E-state index in [0.29, 0.717) is 18.7 Å². The summed E-state index contributed by atoms with van der Waals surface area (Å²) >= 11 is 0. The van der Waals surface area contributed by atoms with Crippen LogP contribution in [0.4, 0.5) is 10.1 Å². The second kappa shape index (κ2) is 9.86. The standard InChI is InChI=1S/C22H26FN3O/c23-20-8-6-18(7-9-20)10-12-25-21-14-19(15-24-16-21)22(27)26-13-11-17-4-2-1-3-5-17/h4,6-9,14-16,25H,1-3,5,10-13H2,(H,26,27). The van der Waals surface area contributed by atoms with Crippen LogP contribution in [0.25, 0.3) is 0 Å². The summed E-state index contributed by atoms with van der Waals surface area (Å²) in [6.07, 6.45) is 12.2. The Labute approximate surface area is 159 Å². The number of carbonyl (C=O) groups excluding carboxylic acids is 1. The number of aromatic nitrogens is 1. The van der Waals surface area contributed by atoms with Crippen LogP contribution >= 0.6 is 0 Å². The van der Waals surface area contributed by atoms with Crippen LogP contribution in [0.1, 0.15) is 48.0 Å². The third-order valence-corrected chi connectivity index (χ3v) is 4.77. The maximum Gasteiger partial charge on any atom is 0.252 e. The van der Waals surface area contributed by atoms with Crippen LogP contribution < -0.4 is 10.6 Å². The normalized spacial score (nSPS) is 13.7. The Morgan fingerprint density at radius 1 is 1.07 bits per heavy atom. The van der Waals surface area contributed by atoms with E-state index in [1.807, 2.05) is 6.07 Å². The summed E-state index contributed by atoms with van der Waals surface area (Å²) < 4.78 is 12.9. The summed E-state index contributed by atoms with van der Waals surface area (Å²) in [4.78, 5) is 16.5. The molecule has 142 valence electrons. The van der Waals surface area contributed by atoms with Crippen molar-refractivity contribution in [1.29, 1.82) is 0 Å². The Hall–Kier alpha value is -2.69. The third kappa shape index (κ3) is 6.20. The van der Waals surface area contributed by atoms with Crippen LogP contribution in [0, 0.1) is 5.82 Å². The number of halogens is 1. The molecule has 0 saturated carbocycles. The number of benzene rings is 1. The number of amides is 1. The van der Waals surface area contributed by atoms with Crippen LogP contribution in [0.5, 0.6) is 0 Å². The molecule has 27 heavy (non-hydrogen) atoms. The highest BCUT2D eigenvalue weighted by Gasteiger charge is 2.08. The lowest BCUT2D eigenvalue weighted by Gasteiger charge is -2.13.